The van der Waals surface area contributed by atoms with Crippen LogP contribution in [0.3, 0.4) is 0 Å². The Morgan fingerprint density at radius 1 is 1.17 bits per heavy atom. The molecule has 0 unspecified atom stereocenters. The second-order valence-corrected chi connectivity index (χ2v) is 4.66. The summed E-state index contributed by atoms with van der Waals surface area (Å²) in [5.74, 6) is -2.05. The van der Waals surface area contributed by atoms with Crippen molar-refractivity contribution in [2.24, 2.45) is 0 Å². The third kappa shape index (κ3) is 2.98. The summed E-state index contributed by atoms with van der Waals surface area (Å²) in [6, 6.07) is 2.77. The quantitative estimate of drug-likeness (QED) is 0.852. The first-order valence-corrected chi connectivity index (χ1v) is 6.64. The van der Waals surface area contributed by atoms with Gasteiger partial charge in [0, 0.05) is 0 Å². The van der Waals surface area contributed by atoms with E-state index in [0.717, 1.165) is 0 Å². The molecule has 0 saturated carbocycles. The van der Waals surface area contributed by atoms with Gasteiger partial charge in [0.1, 0.15) is 0 Å². The summed E-state index contributed by atoms with van der Waals surface area (Å²) in [7, 11) is 3.75. The molecule has 0 aliphatic rings. The van der Waals surface area contributed by atoms with E-state index in [1.165, 1.54) is 33.5 Å². The largest absolute Gasteiger partial charge is 0.492 e. The highest BCUT2D eigenvalue weighted by atomic mass is 35.5. The van der Waals surface area contributed by atoms with Crippen LogP contribution in [0.15, 0.2) is 12.1 Å². The van der Waals surface area contributed by atoms with Crippen LogP contribution in [0.1, 0.15) is 10.5 Å². The van der Waals surface area contributed by atoms with Gasteiger partial charge in [-0.25, -0.2) is 19.2 Å². The minimum absolute atomic E-state index is 0.0363. The third-order valence-corrected chi connectivity index (χ3v) is 3.27. The summed E-state index contributed by atoms with van der Waals surface area (Å²) in [5, 5.41) is 0.0865. The van der Waals surface area contributed by atoms with Crippen LogP contribution in [0, 0.1) is 5.82 Å². The maximum atomic E-state index is 14.5. The number of carbonyl (C=O) groups excluding carboxylic acids is 1. The first-order valence-electron chi connectivity index (χ1n) is 6.26. The zero-order valence-electron chi connectivity index (χ0n) is 12.5. The number of carbonyl (C=O) groups is 1. The van der Waals surface area contributed by atoms with E-state index in [-0.39, 0.29) is 39.4 Å². The number of benzene rings is 1. The van der Waals surface area contributed by atoms with Crippen LogP contribution in [0.2, 0.25) is 5.02 Å². The number of nitrogens with two attached hydrogens (primary N) is 1. The van der Waals surface area contributed by atoms with Crippen molar-refractivity contribution in [2.45, 2.75) is 0 Å². The van der Waals surface area contributed by atoms with E-state index in [0.29, 0.717) is 0 Å². The number of hydrogen-bond donors (Lipinski definition) is 1. The number of esters is 1. The Labute approximate surface area is 136 Å². The molecule has 7 nitrogen and oxygen atoms in total. The van der Waals surface area contributed by atoms with Crippen molar-refractivity contribution in [1.29, 1.82) is 0 Å². The highest BCUT2D eigenvalue weighted by Crippen LogP contribution is 2.35. The topological polar surface area (TPSA) is 96.6 Å². The Hall–Kier alpha value is -2.61. The van der Waals surface area contributed by atoms with Gasteiger partial charge in [-0.1, -0.05) is 11.6 Å². The fraction of sp³-hybridized carbons (Fsp3) is 0.214. The molecule has 9 heteroatoms. The number of methoxy groups -OCH3 is 3. The summed E-state index contributed by atoms with van der Waals surface area (Å²) in [4.78, 5) is 19.7. The average molecular weight is 342 g/mol. The van der Waals surface area contributed by atoms with E-state index in [1.54, 1.807) is 0 Å². The number of nitrogen functional groups attached to an aromatic ring is 1. The van der Waals surface area contributed by atoms with Gasteiger partial charge in [0.05, 0.1) is 31.9 Å². The molecule has 1 heterocycles. The number of halogens is 2. The smallest absolute Gasteiger partial charge is 0.360 e. The fourth-order valence-corrected chi connectivity index (χ4v) is 2.14. The molecule has 0 fully saturated rings. The maximum Gasteiger partial charge on any atom is 0.360 e. The number of ether oxygens (including phenoxy) is 3. The van der Waals surface area contributed by atoms with Gasteiger partial charge in [-0.3, -0.25) is 0 Å². The monoisotopic (exact) mass is 341 g/mol. The molecule has 2 aromatic rings. The molecular formula is C14H13ClFN3O4. The number of aromatic nitrogens is 2. The van der Waals surface area contributed by atoms with Gasteiger partial charge >= 0.3 is 5.97 Å². The van der Waals surface area contributed by atoms with Crippen molar-refractivity contribution in [1.82, 2.24) is 9.97 Å². The molecule has 0 aliphatic carbocycles. The predicted molar refractivity (Wildman–Crippen MR) is 81.3 cm³/mol. The first-order chi connectivity index (χ1) is 10.9. The van der Waals surface area contributed by atoms with E-state index < -0.39 is 11.8 Å². The van der Waals surface area contributed by atoms with Crippen LogP contribution in [0.4, 0.5) is 10.2 Å². The highest BCUT2D eigenvalue weighted by molar-refractivity contribution is 6.32. The Balaban J connectivity index is 2.70. The van der Waals surface area contributed by atoms with E-state index in [4.69, 9.17) is 26.8 Å². The number of nitrogens with zero attached hydrogens (tertiary/aromatic N) is 2. The lowest BCUT2D eigenvalue weighted by Gasteiger charge is -2.12. The first kappa shape index (κ1) is 16.8. The van der Waals surface area contributed by atoms with E-state index in [1.807, 2.05) is 0 Å². The maximum absolute atomic E-state index is 14.5. The lowest BCUT2D eigenvalue weighted by atomic mass is 10.1. The van der Waals surface area contributed by atoms with Crippen molar-refractivity contribution in [3.63, 3.8) is 0 Å². The van der Waals surface area contributed by atoms with Crippen molar-refractivity contribution in [2.75, 3.05) is 27.1 Å². The second kappa shape index (κ2) is 6.66. The van der Waals surface area contributed by atoms with Crippen molar-refractivity contribution in [3.05, 3.63) is 28.7 Å². The molecule has 1 aromatic carbocycles. The molecule has 2 rings (SSSR count). The molecule has 0 aliphatic heterocycles. The molecule has 122 valence electrons. The Kier molecular flexibility index (Phi) is 4.85. The SMILES string of the molecule is COC(=O)c1nc(-c2ccc(Cl)c(OC)c2F)nc(N)c1OC. The van der Waals surface area contributed by atoms with Crippen LogP contribution in [0.5, 0.6) is 11.5 Å². The van der Waals surface area contributed by atoms with E-state index in [2.05, 4.69) is 14.7 Å². The molecule has 0 amide bonds. The Bertz CT molecular complexity index is 770. The van der Waals surface area contributed by atoms with Crippen molar-refractivity contribution in [3.8, 4) is 22.9 Å². The summed E-state index contributed by atoms with van der Waals surface area (Å²) in [6.45, 7) is 0. The van der Waals surface area contributed by atoms with Gasteiger partial charge in [-0.2, -0.15) is 0 Å². The number of hydrogen-bond acceptors (Lipinski definition) is 7. The van der Waals surface area contributed by atoms with Crippen molar-refractivity contribution < 1.29 is 23.4 Å². The molecule has 1 aromatic heterocycles. The van der Waals surface area contributed by atoms with Gasteiger partial charge in [-0.15, -0.1) is 0 Å². The van der Waals surface area contributed by atoms with Crippen LogP contribution in [-0.2, 0) is 4.74 Å². The summed E-state index contributed by atoms with van der Waals surface area (Å²) in [6.07, 6.45) is 0. The molecular weight excluding hydrogens is 329 g/mol. The molecule has 0 atom stereocenters. The normalized spacial score (nSPS) is 10.3. The number of rotatable bonds is 4. The van der Waals surface area contributed by atoms with E-state index >= 15 is 0 Å². The van der Waals surface area contributed by atoms with Gasteiger partial charge in [0.25, 0.3) is 0 Å². The number of anilines is 1. The van der Waals surface area contributed by atoms with Gasteiger partial charge in [0.15, 0.2) is 34.7 Å². The van der Waals surface area contributed by atoms with Crippen LogP contribution < -0.4 is 15.2 Å². The predicted octanol–water partition coefficient (Wildman–Crippen LogP) is 2.32. The van der Waals surface area contributed by atoms with Crippen LogP contribution in [-0.4, -0.2) is 37.3 Å². The zero-order valence-corrected chi connectivity index (χ0v) is 13.3. The second-order valence-electron chi connectivity index (χ2n) is 4.25. The van der Waals surface area contributed by atoms with Gasteiger partial charge in [-0.05, 0) is 12.1 Å². The van der Waals surface area contributed by atoms with Crippen molar-refractivity contribution >= 4 is 23.4 Å². The summed E-state index contributed by atoms with van der Waals surface area (Å²) >= 11 is 5.85. The highest BCUT2D eigenvalue weighted by Gasteiger charge is 2.23. The van der Waals surface area contributed by atoms with Gasteiger partial charge in [0.2, 0.25) is 0 Å². The zero-order chi connectivity index (χ0) is 17.1. The molecule has 23 heavy (non-hydrogen) atoms. The standard InChI is InChI=1S/C14H13ClFN3O4/c1-21-10-7(15)5-4-6(8(10)16)13-18-9(14(20)23-3)11(22-2)12(17)19-13/h4-5H,1-3H3,(H2,17,18,19). The molecule has 0 saturated heterocycles. The lowest BCUT2D eigenvalue weighted by molar-refractivity contribution is 0.0590. The third-order valence-electron chi connectivity index (χ3n) is 2.97. The molecule has 0 spiro atoms. The summed E-state index contributed by atoms with van der Waals surface area (Å²) < 4.78 is 29.0. The van der Waals surface area contributed by atoms with Gasteiger partial charge < -0.3 is 19.9 Å². The minimum atomic E-state index is -0.793. The fourth-order valence-electron chi connectivity index (χ4n) is 1.92. The Morgan fingerprint density at radius 3 is 2.39 bits per heavy atom. The van der Waals surface area contributed by atoms with Crippen LogP contribution >= 0.6 is 11.6 Å². The van der Waals surface area contributed by atoms with E-state index in [9.17, 15) is 9.18 Å². The summed E-state index contributed by atoms with van der Waals surface area (Å²) in [5.41, 5.74) is 5.50. The molecule has 0 radical (unpaired) electrons. The van der Waals surface area contributed by atoms with Crippen LogP contribution in [0.25, 0.3) is 11.4 Å². The molecule has 0 bridgehead atoms. The average Bonchev–Trinajstić information content (AvgIpc) is 2.53. The minimum Gasteiger partial charge on any atom is -0.492 e. The Morgan fingerprint density at radius 2 is 1.83 bits per heavy atom. The lowest BCUT2D eigenvalue weighted by Crippen LogP contribution is -2.12. The molecule has 2 N–H and O–H groups in total.